The van der Waals surface area contributed by atoms with Crippen molar-refractivity contribution in [2.24, 2.45) is 0 Å². The molecule has 0 atom stereocenters. The zero-order chi connectivity index (χ0) is 11.8. The van der Waals surface area contributed by atoms with Crippen LogP contribution in [0.2, 0.25) is 0 Å². The van der Waals surface area contributed by atoms with Crippen molar-refractivity contribution in [2.75, 3.05) is 0 Å². The second kappa shape index (κ2) is 3.74. The van der Waals surface area contributed by atoms with Gasteiger partial charge in [-0.3, -0.25) is 10.1 Å². The molecule has 0 bridgehead atoms. The summed E-state index contributed by atoms with van der Waals surface area (Å²) in [4.78, 5) is 4.29. The molecule has 0 spiro atoms. The number of aromatic amines is 1. The summed E-state index contributed by atoms with van der Waals surface area (Å²) in [5.74, 6) is 0. The number of aromatic nitrogens is 3. The van der Waals surface area contributed by atoms with E-state index in [0.717, 1.165) is 17.0 Å². The Morgan fingerprint density at radius 2 is 1.88 bits per heavy atom. The lowest BCUT2D eigenvalue weighted by Gasteiger charge is -2.18. The van der Waals surface area contributed by atoms with E-state index >= 15 is 0 Å². The van der Waals surface area contributed by atoms with Gasteiger partial charge in [0.15, 0.2) is 0 Å². The molecule has 0 amide bonds. The normalized spacial score (nSPS) is 11.8. The minimum atomic E-state index is 0.123. The van der Waals surface area contributed by atoms with Crippen molar-refractivity contribution in [1.29, 1.82) is 0 Å². The predicted octanol–water partition coefficient (Wildman–Crippen LogP) is 3.08. The summed E-state index contributed by atoms with van der Waals surface area (Å²) in [6, 6.07) is 4.20. The van der Waals surface area contributed by atoms with E-state index in [1.807, 2.05) is 25.4 Å². The molecule has 0 radical (unpaired) electrons. The van der Waals surface area contributed by atoms with E-state index in [9.17, 15) is 0 Å². The van der Waals surface area contributed by atoms with Crippen LogP contribution in [-0.4, -0.2) is 15.2 Å². The SMILES string of the molecule is Cc1cc(-c2cncc(C(C)(C)C)c2)[nH]n1. The maximum Gasteiger partial charge on any atom is 0.0668 e. The van der Waals surface area contributed by atoms with Gasteiger partial charge in [0.1, 0.15) is 0 Å². The maximum atomic E-state index is 4.29. The van der Waals surface area contributed by atoms with Gasteiger partial charge in [-0.25, -0.2) is 0 Å². The summed E-state index contributed by atoms with van der Waals surface area (Å²) >= 11 is 0. The Bertz CT molecular complexity index is 492. The van der Waals surface area contributed by atoms with Crippen LogP contribution < -0.4 is 0 Å². The van der Waals surface area contributed by atoms with Crippen LogP contribution in [0.3, 0.4) is 0 Å². The number of nitrogens with one attached hydrogen (secondary N) is 1. The van der Waals surface area contributed by atoms with Crippen molar-refractivity contribution in [3.05, 3.63) is 35.8 Å². The van der Waals surface area contributed by atoms with Crippen molar-refractivity contribution < 1.29 is 0 Å². The lowest BCUT2D eigenvalue weighted by molar-refractivity contribution is 0.587. The summed E-state index contributed by atoms with van der Waals surface area (Å²) in [5, 5.41) is 7.14. The Morgan fingerprint density at radius 3 is 2.44 bits per heavy atom. The number of hydrogen-bond acceptors (Lipinski definition) is 2. The highest BCUT2D eigenvalue weighted by Gasteiger charge is 2.15. The molecule has 84 valence electrons. The van der Waals surface area contributed by atoms with Crippen molar-refractivity contribution in [1.82, 2.24) is 15.2 Å². The van der Waals surface area contributed by atoms with E-state index in [1.54, 1.807) is 0 Å². The fraction of sp³-hybridized carbons (Fsp3) is 0.385. The molecule has 3 heteroatoms. The second-order valence-electron chi connectivity index (χ2n) is 5.14. The molecule has 0 aliphatic heterocycles. The summed E-state index contributed by atoms with van der Waals surface area (Å²) in [6.07, 6.45) is 3.79. The van der Waals surface area contributed by atoms with Gasteiger partial charge >= 0.3 is 0 Å². The number of rotatable bonds is 1. The maximum absolute atomic E-state index is 4.29. The van der Waals surface area contributed by atoms with E-state index < -0.39 is 0 Å². The molecule has 2 heterocycles. The summed E-state index contributed by atoms with van der Waals surface area (Å²) in [7, 11) is 0. The molecule has 0 unspecified atom stereocenters. The average Bonchev–Trinajstić information content (AvgIpc) is 2.64. The van der Waals surface area contributed by atoms with Crippen molar-refractivity contribution in [2.45, 2.75) is 33.1 Å². The van der Waals surface area contributed by atoms with Gasteiger partial charge < -0.3 is 0 Å². The molecule has 2 rings (SSSR count). The first kappa shape index (κ1) is 10.9. The Balaban J connectivity index is 2.44. The quantitative estimate of drug-likeness (QED) is 0.794. The molecule has 2 aromatic rings. The van der Waals surface area contributed by atoms with Gasteiger partial charge in [0.2, 0.25) is 0 Å². The van der Waals surface area contributed by atoms with E-state index in [2.05, 4.69) is 42.0 Å². The molecule has 16 heavy (non-hydrogen) atoms. The van der Waals surface area contributed by atoms with Gasteiger partial charge in [0, 0.05) is 18.0 Å². The van der Waals surface area contributed by atoms with Gasteiger partial charge in [0.05, 0.1) is 11.4 Å². The summed E-state index contributed by atoms with van der Waals surface area (Å²) in [5.41, 5.74) is 4.47. The summed E-state index contributed by atoms with van der Waals surface area (Å²) < 4.78 is 0. The molecular formula is C13H17N3. The highest BCUT2D eigenvalue weighted by molar-refractivity contribution is 5.59. The minimum Gasteiger partial charge on any atom is -0.278 e. The standard InChI is InChI=1S/C13H17N3/c1-9-5-12(16-15-9)10-6-11(8-14-7-10)13(2,3)4/h5-8H,1-4H3,(H,15,16). The van der Waals surface area contributed by atoms with Crippen LogP contribution in [0.5, 0.6) is 0 Å². The van der Waals surface area contributed by atoms with Gasteiger partial charge in [-0.15, -0.1) is 0 Å². The lowest BCUT2D eigenvalue weighted by Crippen LogP contribution is -2.11. The second-order valence-corrected chi connectivity index (χ2v) is 5.14. The smallest absolute Gasteiger partial charge is 0.0668 e. The van der Waals surface area contributed by atoms with E-state index in [0.29, 0.717) is 0 Å². The molecule has 0 saturated heterocycles. The van der Waals surface area contributed by atoms with E-state index in [1.165, 1.54) is 5.56 Å². The van der Waals surface area contributed by atoms with Crippen LogP contribution in [0.15, 0.2) is 24.5 Å². The van der Waals surface area contributed by atoms with Gasteiger partial charge in [-0.1, -0.05) is 20.8 Å². The van der Waals surface area contributed by atoms with E-state index in [-0.39, 0.29) is 5.41 Å². The molecule has 2 aromatic heterocycles. The Kier molecular flexibility index (Phi) is 2.54. The predicted molar refractivity (Wildman–Crippen MR) is 65.3 cm³/mol. The van der Waals surface area contributed by atoms with Crippen LogP contribution in [0.4, 0.5) is 0 Å². The molecule has 0 aliphatic rings. The van der Waals surface area contributed by atoms with Gasteiger partial charge in [-0.05, 0) is 30.0 Å². The third-order valence-electron chi connectivity index (χ3n) is 2.62. The number of aryl methyl sites for hydroxylation is 1. The molecule has 1 N–H and O–H groups in total. The molecule has 0 fully saturated rings. The molecule has 0 saturated carbocycles. The number of H-pyrrole nitrogens is 1. The van der Waals surface area contributed by atoms with Crippen molar-refractivity contribution in [3.8, 4) is 11.3 Å². The fourth-order valence-corrected chi connectivity index (χ4v) is 1.57. The summed E-state index contributed by atoms with van der Waals surface area (Å²) in [6.45, 7) is 8.53. The first-order valence-electron chi connectivity index (χ1n) is 5.45. The molecule has 0 aromatic carbocycles. The molecule has 0 aliphatic carbocycles. The van der Waals surface area contributed by atoms with Gasteiger partial charge in [0.25, 0.3) is 0 Å². The lowest BCUT2D eigenvalue weighted by atomic mass is 9.87. The molecular weight excluding hydrogens is 198 g/mol. The fourth-order valence-electron chi connectivity index (χ4n) is 1.57. The van der Waals surface area contributed by atoms with Gasteiger partial charge in [-0.2, -0.15) is 5.10 Å². The van der Waals surface area contributed by atoms with Crippen molar-refractivity contribution in [3.63, 3.8) is 0 Å². The first-order valence-corrected chi connectivity index (χ1v) is 5.45. The van der Waals surface area contributed by atoms with Crippen LogP contribution >= 0.6 is 0 Å². The third kappa shape index (κ3) is 2.13. The van der Waals surface area contributed by atoms with Crippen LogP contribution in [0.25, 0.3) is 11.3 Å². The van der Waals surface area contributed by atoms with E-state index in [4.69, 9.17) is 0 Å². The molecule has 3 nitrogen and oxygen atoms in total. The average molecular weight is 215 g/mol. The number of hydrogen-bond donors (Lipinski definition) is 1. The zero-order valence-corrected chi connectivity index (χ0v) is 10.2. The van der Waals surface area contributed by atoms with Crippen molar-refractivity contribution >= 4 is 0 Å². The highest BCUT2D eigenvalue weighted by atomic mass is 15.1. The van der Waals surface area contributed by atoms with Crippen LogP contribution in [0.1, 0.15) is 32.0 Å². The Morgan fingerprint density at radius 1 is 1.12 bits per heavy atom. The van der Waals surface area contributed by atoms with Crippen LogP contribution in [-0.2, 0) is 5.41 Å². The monoisotopic (exact) mass is 215 g/mol. The zero-order valence-electron chi connectivity index (χ0n) is 10.2. The van der Waals surface area contributed by atoms with Crippen LogP contribution in [0, 0.1) is 6.92 Å². The number of nitrogens with zero attached hydrogens (tertiary/aromatic N) is 2. The minimum absolute atomic E-state index is 0.123. The highest BCUT2D eigenvalue weighted by Crippen LogP contribution is 2.25. The topological polar surface area (TPSA) is 41.6 Å². The third-order valence-corrected chi connectivity index (χ3v) is 2.62. The number of pyridine rings is 1. The first-order chi connectivity index (χ1) is 7.47. The largest absolute Gasteiger partial charge is 0.278 e. The Hall–Kier alpha value is -1.64. The Labute approximate surface area is 95.9 Å².